The molecule has 0 aliphatic heterocycles. The van der Waals surface area contributed by atoms with Crippen molar-refractivity contribution in [2.75, 3.05) is 13.7 Å². The summed E-state index contributed by atoms with van der Waals surface area (Å²) >= 11 is 0. The molecule has 0 amide bonds. The highest BCUT2D eigenvalue weighted by molar-refractivity contribution is 5.48. The molecule has 3 nitrogen and oxygen atoms in total. The third-order valence-electron chi connectivity index (χ3n) is 3.49. The summed E-state index contributed by atoms with van der Waals surface area (Å²) in [6.45, 7) is 6.58. The van der Waals surface area contributed by atoms with E-state index in [-0.39, 0.29) is 0 Å². The molecule has 1 atom stereocenters. The highest BCUT2D eigenvalue weighted by atomic mass is 16.5. The Morgan fingerprint density at radius 3 is 2.33 bits per heavy atom. The first-order valence-electron chi connectivity index (χ1n) is 7.12. The monoisotopic (exact) mass is 286 g/mol. The summed E-state index contributed by atoms with van der Waals surface area (Å²) in [5, 5.41) is 10.7. The maximum absolute atomic E-state index is 10.7. The van der Waals surface area contributed by atoms with Gasteiger partial charge in [0.05, 0.1) is 13.7 Å². The lowest BCUT2D eigenvalue weighted by Gasteiger charge is -2.19. The van der Waals surface area contributed by atoms with Gasteiger partial charge in [0.1, 0.15) is 17.6 Å². The van der Waals surface area contributed by atoms with Crippen LogP contribution < -0.4 is 9.47 Å². The van der Waals surface area contributed by atoms with E-state index >= 15 is 0 Å². The van der Waals surface area contributed by atoms with E-state index in [0.29, 0.717) is 12.4 Å². The van der Waals surface area contributed by atoms with E-state index in [1.54, 1.807) is 7.11 Å². The normalized spacial score (nSPS) is 12.0. The van der Waals surface area contributed by atoms with Gasteiger partial charge >= 0.3 is 0 Å². The number of aliphatic hydroxyl groups is 1. The molecule has 2 aromatic rings. The van der Waals surface area contributed by atoms with Crippen molar-refractivity contribution in [3.05, 3.63) is 58.7 Å². The first-order valence-corrected chi connectivity index (χ1v) is 7.12. The van der Waals surface area contributed by atoms with Crippen LogP contribution >= 0.6 is 0 Å². The summed E-state index contributed by atoms with van der Waals surface area (Å²) in [7, 11) is 1.63. The lowest BCUT2D eigenvalue weighted by Crippen LogP contribution is -2.05. The Labute approximate surface area is 126 Å². The van der Waals surface area contributed by atoms with Gasteiger partial charge in [-0.25, -0.2) is 0 Å². The summed E-state index contributed by atoms with van der Waals surface area (Å²) in [4.78, 5) is 0. The predicted octanol–water partition coefficient (Wildman–Crippen LogP) is 3.79. The van der Waals surface area contributed by atoms with Crippen LogP contribution in [-0.2, 0) is 0 Å². The van der Waals surface area contributed by atoms with Crippen molar-refractivity contribution in [3.63, 3.8) is 0 Å². The quantitative estimate of drug-likeness (QED) is 0.908. The molecular weight excluding hydrogens is 264 g/mol. The van der Waals surface area contributed by atoms with Crippen molar-refractivity contribution in [1.82, 2.24) is 0 Å². The van der Waals surface area contributed by atoms with E-state index < -0.39 is 6.10 Å². The molecular formula is C18H22O3. The average Bonchev–Trinajstić information content (AvgIpc) is 2.47. The predicted molar refractivity (Wildman–Crippen MR) is 84.1 cm³/mol. The van der Waals surface area contributed by atoms with Gasteiger partial charge in [-0.1, -0.05) is 18.2 Å². The van der Waals surface area contributed by atoms with Crippen LogP contribution in [0.4, 0.5) is 0 Å². The molecule has 0 aliphatic carbocycles. The maximum Gasteiger partial charge on any atom is 0.125 e. The molecule has 0 bridgehead atoms. The van der Waals surface area contributed by atoms with Crippen LogP contribution in [0.2, 0.25) is 0 Å². The molecule has 112 valence electrons. The number of hydrogen-bond acceptors (Lipinski definition) is 3. The standard InChI is InChI=1S/C18H22O3/c1-5-21-15-8-6-14(7-9-15)18(19)17-13(3)10-12(2)11-16(17)20-4/h6-11,18-19H,5H2,1-4H3. The Bertz CT molecular complexity index is 603. The van der Waals surface area contributed by atoms with Crippen molar-refractivity contribution in [2.45, 2.75) is 26.9 Å². The molecule has 3 heteroatoms. The Morgan fingerprint density at radius 1 is 1.10 bits per heavy atom. The Hall–Kier alpha value is -2.00. The minimum Gasteiger partial charge on any atom is -0.496 e. The SMILES string of the molecule is CCOc1ccc(C(O)c2c(C)cc(C)cc2OC)cc1. The van der Waals surface area contributed by atoms with Gasteiger partial charge in [-0.3, -0.25) is 0 Å². The van der Waals surface area contributed by atoms with Crippen molar-refractivity contribution >= 4 is 0 Å². The summed E-state index contributed by atoms with van der Waals surface area (Å²) in [6, 6.07) is 11.5. The van der Waals surface area contributed by atoms with Gasteiger partial charge in [0.15, 0.2) is 0 Å². The van der Waals surface area contributed by atoms with Crippen molar-refractivity contribution in [2.24, 2.45) is 0 Å². The van der Waals surface area contributed by atoms with Crippen molar-refractivity contribution in [1.29, 1.82) is 0 Å². The molecule has 2 aromatic carbocycles. The molecule has 0 spiro atoms. The summed E-state index contributed by atoms with van der Waals surface area (Å²) in [5.74, 6) is 1.52. The number of hydrogen-bond donors (Lipinski definition) is 1. The number of rotatable bonds is 5. The first kappa shape index (κ1) is 15.4. The molecule has 0 saturated heterocycles. The van der Waals surface area contributed by atoms with E-state index in [2.05, 4.69) is 6.07 Å². The third kappa shape index (κ3) is 3.37. The fraction of sp³-hybridized carbons (Fsp3) is 0.333. The van der Waals surface area contributed by atoms with Crippen LogP contribution in [0, 0.1) is 13.8 Å². The van der Waals surface area contributed by atoms with E-state index in [1.165, 1.54) is 0 Å². The lowest BCUT2D eigenvalue weighted by molar-refractivity contribution is 0.213. The van der Waals surface area contributed by atoms with Gasteiger partial charge in [-0.2, -0.15) is 0 Å². The van der Waals surface area contributed by atoms with Gasteiger partial charge in [0, 0.05) is 5.56 Å². The zero-order valence-electron chi connectivity index (χ0n) is 13.0. The molecule has 1 unspecified atom stereocenters. The Balaban J connectivity index is 2.37. The van der Waals surface area contributed by atoms with Crippen LogP contribution in [0.3, 0.4) is 0 Å². The zero-order valence-corrected chi connectivity index (χ0v) is 13.0. The fourth-order valence-corrected chi connectivity index (χ4v) is 2.54. The second-order valence-electron chi connectivity index (χ2n) is 5.10. The Kier molecular flexibility index (Phi) is 4.86. The zero-order chi connectivity index (χ0) is 15.4. The number of aryl methyl sites for hydroxylation is 2. The topological polar surface area (TPSA) is 38.7 Å². The minimum absolute atomic E-state index is 0.632. The molecule has 0 radical (unpaired) electrons. The smallest absolute Gasteiger partial charge is 0.125 e. The van der Waals surface area contributed by atoms with Crippen molar-refractivity contribution < 1.29 is 14.6 Å². The molecule has 0 heterocycles. The summed E-state index contributed by atoms with van der Waals surface area (Å²) in [5.41, 5.74) is 3.77. The molecule has 0 aromatic heterocycles. The number of methoxy groups -OCH3 is 1. The van der Waals surface area contributed by atoms with Gasteiger partial charge in [-0.05, 0) is 55.7 Å². The van der Waals surface area contributed by atoms with Crippen LogP contribution in [-0.4, -0.2) is 18.8 Å². The first-order chi connectivity index (χ1) is 10.1. The van der Waals surface area contributed by atoms with Gasteiger partial charge in [-0.15, -0.1) is 0 Å². The molecule has 21 heavy (non-hydrogen) atoms. The molecule has 0 saturated carbocycles. The highest BCUT2D eigenvalue weighted by Crippen LogP contribution is 2.34. The van der Waals surface area contributed by atoms with Gasteiger partial charge in [0.25, 0.3) is 0 Å². The van der Waals surface area contributed by atoms with E-state index in [0.717, 1.165) is 28.0 Å². The van der Waals surface area contributed by atoms with E-state index in [4.69, 9.17) is 9.47 Å². The highest BCUT2D eigenvalue weighted by Gasteiger charge is 2.18. The minimum atomic E-state index is -0.712. The lowest BCUT2D eigenvalue weighted by atomic mass is 9.95. The molecule has 2 rings (SSSR count). The molecule has 0 aliphatic rings. The number of benzene rings is 2. The number of aliphatic hydroxyl groups excluding tert-OH is 1. The van der Waals surface area contributed by atoms with E-state index in [9.17, 15) is 5.11 Å². The van der Waals surface area contributed by atoms with Crippen LogP contribution in [0.5, 0.6) is 11.5 Å². The van der Waals surface area contributed by atoms with E-state index in [1.807, 2.05) is 51.1 Å². The Morgan fingerprint density at radius 2 is 1.76 bits per heavy atom. The van der Waals surface area contributed by atoms with Gasteiger partial charge < -0.3 is 14.6 Å². The fourth-order valence-electron chi connectivity index (χ4n) is 2.54. The van der Waals surface area contributed by atoms with Gasteiger partial charge in [0.2, 0.25) is 0 Å². The van der Waals surface area contributed by atoms with Crippen molar-refractivity contribution in [3.8, 4) is 11.5 Å². The van der Waals surface area contributed by atoms with Crippen LogP contribution in [0.15, 0.2) is 36.4 Å². The largest absolute Gasteiger partial charge is 0.496 e. The summed E-state index contributed by atoms with van der Waals surface area (Å²) in [6.07, 6.45) is -0.712. The second-order valence-corrected chi connectivity index (χ2v) is 5.10. The third-order valence-corrected chi connectivity index (χ3v) is 3.49. The maximum atomic E-state index is 10.7. The average molecular weight is 286 g/mol. The molecule has 1 N–H and O–H groups in total. The second kappa shape index (κ2) is 6.64. The summed E-state index contributed by atoms with van der Waals surface area (Å²) < 4.78 is 10.9. The van der Waals surface area contributed by atoms with Crippen LogP contribution in [0.1, 0.15) is 35.3 Å². The van der Waals surface area contributed by atoms with Crippen LogP contribution in [0.25, 0.3) is 0 Å². The molecule has 0 fully saturated rings. The number of ether oxygens (including phenoxy) is 2.